The third kappa shape index (κ3) is 3.09. The Morgan fingerprint density at radius 1 is 0.682 bits per heavy atom. The largest absolute Gasteiger partial charge is 0.337 e. The molecule has 0 bridgehead atoms. The average molecular weight is 299 g/mol. The van der Waals surface area contributed by atoms with Crippen LogP contribution in [0.5, 0.6) is 0 Å². The van der Waals surface area contributed by atoms with E-state index in [2.05, 4.69) is 19.9 Å². The van der Waals surface area contributed by atoms with Crippen molar-refractivity contribution in [3.63, 3.8) is 0 Å². The van der Waals surface area contributed by atoms with Crippen LogP contribution in [0.3, 0.4) is 0 Å². The van der Waals surface area contributed by atoms with E-state index in [0.29, 0.717) is 0 Å². The van der Waals surface area contributed by atoms with Crippen LogP contribution in [-0.2, 0) is 40.8 Å². The van der Waals surface area contributed by atoms with Crippen molar-refractivity contribution in [1.82, 2.24) is 33.6 Å². The van der Waals surface area contributed by atoms with Crippen LogP contribution in [0.15, 0.2) is 37.2 Å². The molecule has 3 aromatic rings. The van der Waals surface area contributed by atoms with Crippen LogP contribution in [0.4, 0.5) is 0 Å². The molecule has 7 heteroatoms. The Hall–Kier alpha value is -2.41. The van der Waals surface area contributed by atoms with Crippen molar-refractivity contribution >= 4 is 0 Å². The predicted octanol–water partition coefficient (Wildman–Crippen LogP) is 1.09. The zero-order valence-electron chi connectivity index (χ0n) is 13.2. The lowest BCUT2D eigenvalue weighted by molar-refractivity contribution is 0.222. The highest BCUT2D eigenvalue weighted by molar-refractivity contribution is 4.97. The summed E-state index contributed by atoms with van der Waals surface area (Å²) in [5.74, 6) is 3.09. The molecule has 22 heavy (non-hydrogen) atoms. The van der Waals surface area contributed by atoms with Gasteiger partial charge in [0.2, 0.25) is 0 Å². The van der Waals surface area contributed by atoms with E-state index in [1.807, 2.05) is 72.0 Å². The number of aromatic nitrogens is 6. The average Bonchev–Trinajstić information content (AvgIpc) is 3.17. The molecule has 3 rings (SSSR count). The van der Waals surface area contributed by atoms with Gasteiger partial charge in [0.1, 0.15) is 17.5 Å². The van der Waals surface area contributed by atoms with Crippen LogP contribution in [0.25, 0.3) is 0 Å². The molecule has 0 spiro atoms. The highest BCUT2D eigenvalue weighted by Gasteiger charge is 2.15. The first-order chi connectivity index (χ1) is 10.6. The summed E-state index contributed by atoms with van der Waals surface area (Å²) >= 11 is 0. The number of rotatable bonds is 6. The van der Waals surface area contributed by atoms with E-state index in [1.165, 1.54) is 0 Å². The van der Waals surface area contributed by atoms with Gasteiger partial charge in [-0.05, 0) is 0 Å². The minimum absolute atomic E-state index is 0.753. The summed E-state index contributed by atoms with van der Waals surface area (Å²) in [7, 11) is 6.05. The molecule has 0 radical (unpaired) electrons. The van der Waals surface area contributed by atoms with Gasteiger partial charge in [-0.1, -0.05) is 0 Å². The van der Waals surface area contributed by atoms with E-state index in [-0.39, 0.29) is 0 Å². The fraction of sp³-hybridized carbons (Fsp3) is 0.400. The third-order valence-electron chi connectivity index (χ3n) is 3.86. The standard InChI is InChI=1S/C15H21N7/c1-19-7-4-16-13(19)10-22(11-14-17-5-8-20(14)2)12-15-18-6-9-21(15)3/h4-9H,10-12H2,1-3H3. The van der Waals surface area contributed by atoms with Crippen LogP contribution in [0, 0.1) is 0 Å². The Balaban J connectivity index is 1.80. The molecule has 3 heterocycles. The zero-order valence-corrected chi connectivity index (χ0v) is 13.2. The van der Waals surface area contributed by atoms with Crippen molar-refractivity contribution < 1.29 is 0 Å². The Morgan fingerprint density at radius 3 is 1.23 bits per heavy atom. The molecular formula is C15H21N7. The third-order valence-corrected chi connectivity index (χ3v) is 3.86. The van der Waals surface area contributed by atoms with Crippen molar-refractivity contribution in [2.24, 2.45) is 21.1 Å². The van der Waals surface area contributed by atoms with E-state index >= 15 is 0 Å². The topological polar surface area (TPSA) is 56.7 Å². The maximum Gasteiger partial charge on any atom is 0.122 e. The second kappa shape index (κ2) is 6.15. The lowest BCUT2D eigenvalue weighted by Crippen LogP contribution is -2.26. The molecule has 116 valence electrons. The van der Waals surface area contributed by atoms with Crippen LogP contribution in [-0.4, -0.2) is 33.6 Å². The van der Waals surface area contributed by atoms with E-state index in [1.54, 1.807) is 0 Å². The highest BCUT2D eigenvalue weighted by Crippen LogP contribution is 2.11. The van der Waals surface area contributed by atoms with Gasteiger partial charge in [-0.25, -0.2) is 15.0 Å². The van der Waals surface area contributed by atoms with Gasteiger partial charge >= 0.3 is 0 Å². The number of imidazole rings is 3. The fourth-order valence-corrected chi connectivity index (χ4v) is 2.41. The van der Waals surface area contributed by atoms with Gasteiger partial charge in [-0.15, -0.1) is 0 Å². The second-order valence-corrected chi connectivity index (χ2v) is 5.51. The van der Waals surface area contributed by atoms with Crippen molar-refractivity contribution in [3.8, 4) is 0 Å². The first-order valence-electron chi connectivity index (χ1n) is 7.24. The SMILES string of the molecule is Cn1ccnc1CN(Cc1nccn1C)Cc1nccn1C. The van der Waals surface area contributed by atoms with Crippen LogP contribution < -0.4 is 0 Å². The summed E-state index contributed by atoms with van der Waals surface area (Å²) in [6.45, 7) is 2.26. The molecule has 0 amide bonds. The van der Waals surface area contributed by atoms with E-state index in [0.717, 1.165) is 37.1 Å². The summed E-state index contributed by atoms with van der Waals surface area (Å²) in [6, 6.07) is 0. The molecule has 0 aromatic carbocycles. The zero-order chi connectivity index (χ0) is 15.5. The van der Waals surface area contributed by atoms with Crippen molar-refractivity contribution in [2.45, 2.75) is 19.6 Å². The molecule has 7 nitrogen and oxygen atoms in total. The number of hydrogen-bond donors (Lipinski definition) is 0. The smallest absolute Gasteiger partial charge is 0.122 e. The molecule has 0 aliphatic rings. The monoisotopic (exact) mass is 299 g/mol. The second-order valence-electron chi connectivity index (χ2n) is 5.51. The number of aryl methyl sites for hydroxylation is 3. The molecule has 0 N–H and O–H groups in total. The minimum atomic E-state index is 0.753. The van der Waals surface area contributed by atoms with Crippen molar-refractivity contribution in [2.75, 3.05) is 0 Å². The molecule has 0 aliphatic carbocycles. The quantitative estimate of drug-likeness (QED) is 0.684. The number of hydrogen-bond acceptors (Lipinski definition) is 4. The Labute approximate surface area is 129 Å². The van der Waals surface area contributed by atoms with Gasteiger partial charge in [0.25, 0.3) is 0 Å². The van der Waals surface area contributed by atoms with Crippen molar-refractivity contribution in [1.29, 1.82) is 0 Å². The normalized spacial score (nSPS) is 11.5. The summed E-state index contributed by atoms with van der Waals surface area (Å²) in [5, 5.41) is 0. The van der Waals surface area contributed by atoms with E-state index in [4.69, 9.17) is 0 Å². The molecule has 0 fully saturated rings. The first-order valence-corrected chi connectivity index (χ1v) is 7.24. The van der Waals surface area contributed by atoms with Gasteiger partial charge in [0.15, 0.2) is 0 Å². The summed E-state index contributed by atoms with van der Waals surface area (Å²) in [4.78, 5) is 15.6. The number of nitrogens with zero attached hydrogens (tertiary/aromatic N) is 7. The molecule has 0 aliphatic heterocycles. The summed E-state index contributed by atoms with van der Waals surface area (Å²) < 4.78 is 6.14. The maximum atomic E-state index is 4.43. The van der Waals surface area contributed by atoms with Crippen LogP contribution in [0.1, 0.15) is 17.5 Å². The Bertz CT molecular complexity index is 636. The lowest BCUT2D eigenvalue weighted by Gasteiger charge is -2.21. The summed E-state index contributed by atoms with van der Waals surface area (Å²) in [5.41, 5.74) is 0. The minimum Gasteiger partial charge on any atom is -0.337 e. The van der Waals surface area contributed by atoms with Crippen LogP contribution in [0.2, 0.25) is 0 Å². The van der Waals surface area contributed by atoms with E-state index in [9.17, 15) is 0 Å². The highest BCUT2D eigenvalue weighted by atomic mass is 15.2. The molecule has 0 saturated carbocycles. The van der Waals surface area contributed by atoms with Crippen molar-refractivity contribution in [3.05, 3.63) is 54.7 Å². The van der Waals surface area contributed by atoms with Gasteiger partial charge in [-0.2, -0.15) is 0 Å². The van der Waals surface area contributed by atoms with Gasteiger partial charge in [0, 0.05) is 58.3 Å². The van der Waals surface area contributed by atoms with Gasteiger partial charge in [0.05, 0.1) is 19.6 Å². The molecular weight excluding hydrogens is 278 g/mol. The lowest BCUT2D eigenvalue weighted by atomic mass is 10.4. The maximum absolute atomic E-state index is 4.43. The first kappa shape index (κ1) is 14.5. The molecule has 0 unspecified atom stereocenters. The van der Waals surface area contributed by atoms with Gasteiger partial charge in [-0.3, -0.25) is 4.90 Å². The summed E-state index contributed by atoms with van der Waals surface area (Å²) in [6.07, 6.45) is 11.4. The van der Waals surface area contributed by atoms with Crippen LogP contribution >= 0.6 is 0 Å². The molecule has 0 atom stereocenters. The van der Waals surface area contributed by atoms with E-state index < -0.39 is 0 Å². The molecule has 0 saturated heterocycles. The predicted molar refractivity (Wildman–Crippen MR) is 82.6 cm³/mol. The Morgan fingerprint density at radius 2 is 1.00 bits per heavy atom. The fourth-order valence-electron chi connectivity index (χ4n) is 2.41. The Kier molecular flexibility index (Phi) is 4.06. The van der Waals surface area contributed by atoms with Gasteiger partial charge < -0.3 is 13.7 Å². The molecule has 3 aromatic heterocycles.